The Morgan fingerprint density at radius 2 is 1.83 bits per heavy atom. The predicted molar refractivity (Wildman–Crippen MR) is 96.0 cm³/mol. The van der Waals surface area contributed by atoms with Crippen molar-refractivity contribution in [3.05, 3.63) is 60.2 Å². The van der Waals surface area contributed by atoms with Crippen molar-refractivity contribution < 1.29 is 9.53 Å². The van der Waals surface area contributed by atoms with E-state index in [2.05, 4.69) is 17.4 Å². The molecule has 0 bridgehead atoms. The number of carbonyl (C=O) groups is 1. The van der Waals surface area contributed by atoms with Gasteiger partial charge in [-0.2, -0.15) is 0 Å². The minimum absolute atomic E-state index is 0.0000909. The van der Waals surface area contributed by atoms with Crippen LogP contribution in [-0.2, 0) is 4.79 Å². The lowest BCUT2D eigenvalue weighted by molar-refractivity contribution is -0.121. The van der Waals surface area contributed by atoms with E-state index in [1.54, 1.807) is 11.8 Å². The van der Waals surface area contributed by atoms with Crippen LogP contribution in [0.3, 0.4) is 0 Å². The van der Waals surface area contributed by atoms with Crippen molar-refractivity contribution in [2.75, 3.05) is 12.4 Å². The molecule has 0 saturated carbocycles. The quantitative estimate of drug-likeness (QED) is 0.727. The van der Waals surface area contributed by atoms with Gasteiger partial charge in [-0.1, -0.05) is 30.3 Å². The molecule has 0 unspecified atom stereocenters. The summed E-state index contributed by atoms with van der Waals surface area (Å²) in [6.45, 7) is 4.62. The maximum atomic E-state index is 12.0. The first-order valence-electron chi connectivity index (χ1n) is 7.89. The Kier molecular flexibility index (Phi) is 7.01. The molecule has 0 radical (unpaired) electrons. The molecule has 0 heterocycles. The Hall–Kier alpha value is -1.94. The smallest absolute Gasteiger partial charge is 0.221 e. The molecule has 0 fully saturated rings. The highest BCUT2D eigenvalue weighted by Gasteiger charge is 2.09. The van der Waals surface area contributed by atoms with Gasteiger partial charge in [-0.3, -0.25) is 4.79 Å². The SMILES string of the molecule is CCOc1ccc([C@@H](C)NC(=O)CCSc2ccccc2)cc1. The van der Waals surface area contributed by atoms with Crippen LogP contribution >= 0.6 is 11.8 Å². The maximum Gasteiger partial charge on any atom is 0.221 e. The molecular weight excluding hydrogens is 306 g/mol. The number of thioether (sulfide) groups is 1. The Labute approximate surface area is 142 Å². The second-order valence-corrected chi connectivity index (χ2v) is 6.37. The molecule has 2 aromatic rings. The van der Waals surface area contributed by atoms with Gasteiger partial charge < -0.3 is 10.1 Å². The average molecular weight is 329 g/mol. The molecule has 3 nitrogen and oxygen atoms in total. The third kappa shape index (κ3) is 5.99. The van der Waals surface area contributed by atoms with Crippen molar-refractivity contribution in [3.8, 4) is 5.75 Å². The molecule has 122 valence electrons. The van der Waals surface area contributed by atoms with Crippen LogP contribution in [0.5, 0.6) is 5.75 Å². The number of benzene rings is 2. The molecule has 0 aliphatic carbocycles. The molecule has 1 amide bonds. The molecule has 2 aromatic carbocycles. The number of hydrogen-bond acceptors (Lipinski definition) is 3. The van der Waals surface area contributed by atoms with Gasteiger partial charge in [-0.15, -0.1) is 11.8 Å². The number of ether oxygens (including phenoxy) is 1. The molecule has 2 rings (SSSR count). The van der Waals surface area contributed by atoms with Crippen LogP contribution in [0.1, 0.15) is 31.9 Å². The first kappa shape index (κ1) is 17.4. The summed E-state index contributed by atoms with van der Waals surface area (Å²) in [6, 6.07) is 18.0. The van der Waals surface area contributed by atoms with Crippen LogP contribution in [-0.4, -0.2) is 18.3 Å². The maximum absolute atomic E-state index is 12.0. The summed E-state index contributed by atoms with van der Waals surface area (Å²) < 4.78 is 5.43. The monoisotopic (exact) mass is 329 g/mol. The van der Waals surface area contributed by atoms with Crippen molar-refractivity contribution in [3.63, 3.8) is 0 Å². The molecule has 0 aliphatic rings. The average Bonchev–Trinajstić information content (AvgIpc) is 2.57. The minimum atomic E-state index is -0.0000909. The third-order valence-corrected chi connectivity index (χ3v) is 4.42. The van der Waals surface area contributed by atoms with Crippen molar-refractivity contribution in [2.24, 2.45) is 0 Å². The molecule has 0 saturated heterocycles. The lowest BCUT2D eigenvalue weighted by Crippen LogP contribution is -2.26. The van der Waals surface area contributed by atoms with E-state index in [0.717, 1.165) is 17.1 Å². The zero-order chi connectivity index (χ0) is 16.5. The lowest BCUT2D eigenvalue weighted by atomic mass is 10.1. The molecule has 1 N–H and O–H groups in total. The van der Waals surface area contributed by atoms with Gasteiger partial charge in [0.05, 0.1) is 12.6 Å². The fourth-order valence-corrected chi connectivity index (χ4v) is 3.07. The van der Waals surface area contributed by atoms with Gasteiger partial charge in [0.15, 0.2) is 0 Å². The molecule has 23 heavy (non-hydrogen) atoms. The summed E-state index contributed by atoms with van der Waals surface area (Å²) in [5, 5.41) is 3.04. The Bertz CT molecular complexity index is 599. The number of carbonyl (C=O) groups excluding carboxylic acids is 1. The van der Waals surface area contributed by atoms with Gasteiger partial charge in [-0.05, 0) is 43.7 Å². The zero-order valence-corrected chi connectivity index (χ0v) is 14.4. The number of rotatable bonds is 8. The van der Waals surface area contributed by atoms with Crippen LogP contribution in [0.25, 0.3) is 0 Å². The summed E-state index contributed by atoms with van der Waals surface area (Å²) in [5.41, 5.74) is 1.08. The molecule has 1 atom stereocenters. The first-order chi connectivity index (χ1) is 11.2. The molecule has 0 aromatic heterocycles. The molecular formula is C19H23NO2S. The number of hydrogen-bond donors (Lipinski definition) is 1. The summed E-state index contributed by atoms with van der Waals surface area (Å²) >= 11 is 1.70. The summed E-state index contributed by atoms with van der Waals surface area (Å²) in [6.07, 6.45) is 0.515. The predicted octanol–water partition coefficient (Wildman–Crippen LogP) is 4.44. The Balaban J connectivity index is 1.75. The van der Waals surface area contributed by atoms with E-state index >= 15 is 0 Å². The van der Waals surface area contributed by atoms with E-state index < -0.39 is 0 Å². The Morgan fingerprint density at radius 1 is 1.13 bits per heavy atom. The lowest BCUT2D eigenvalue weighted by Gasteiger charge is -2.15. The summed E-state index contributed by atoms with van der Waals surface area (Å²) in [7, 11) is 0. The number of amides is 1. The van der Waals surface area contributed by atoms with E-state index in [4.69, 9.17) is 4.74 Å². The summed E-state index contributed by atoms with van der Waals surface area (Å²) in [4.78, 5) is 13.2. The van der Waals surface area contributed by atoms with E-state index in [1.165, 1.54) is 4.90 Å². The summed E-state index contributed by atoms with van der Waals surface area (Å²) in [5.74, 6) is 1.72. The molecule has 0 spiro atoms. The second kappa shape index (κ2) is 9.26. The van der Waals surface area contributed by atoms with E-state index in [-0.39, 0.29) is 11.9 Å². The van der Waals surface area contributed by atoms with E-state index in [0.29, 0.717) is 13.0 Å². The highest BCUT2D eigenvalue weighted by atomic mass is 32.2. The highest BCUT2D eigenvalue weighted by Crippen LogP contribution is 2.19. The van der Waals surface area contributed by atoms with Crippen molar-refractivity contribution >= 4 is 17.7 Å². The van der Waals surface area contributed by atoms with Crippen LogP contribution < -0.4 is 10.1 Å². The highest BCUT2D eigenvalue weighted by molar-refractivity contribution is 7.99. The van der Waals surface area contributed by atoms with Crippen molar-refractivity contribution in [1.29, 1.82) is 0 Å². The topological polar surface area (TPSA) is 38.3 Å². The van der Waals surface area contributed by atoms with Crippen LogP contribution in [0.2, 0.25) is 0 Å². The van der Waals surface area contributed by atoms with Gasteiger partial charge in [0.2, 0.25) is 5.91 Å². The molecule has 4 heteroatoms. The normalized spacial score (nSPS) is 11.7. The van der Waals surface area contributed by atoms with Crippen molar-refractivity contribution in [1.82, 2.24) is 5.32 Å². The van der Waals surface area contributed by atoms with Crippen LogP contribution in [0, 0.1) is 0 Å². The van der Waals surface area contributed by atoms with E-state index in [1.807, 2.05) is 56.3 Å². The van der Waals surface area contributed by atoms with Gasteiger partial charge in [0.25, 0.3) is 0 Å². The Morgan fingerprint density at radius 3 is 2.48 bits per heavy atom. The van der Waals surface area contributed by atoms with Gasteiger partial charge in [0.1, 0.15) is 5.75 Å². The van der Waals surface area contributed by atoms with Crippen molar-refractivity contribution in [2.45, 2.75) is 31.2 Å². The second-order valence-electron chi connectivity index (χ2n) is 5.20. The minimum Gasteiger partial charge on any atom is -0.494 e. The first-order valence-corrected chi connectivity index (χ1v) is 8.87. The standard InChI is InChI=1S/C19H23NO2S/c1-3-22-17-11-9-16(10-12-17)15(2)20-19(21)13-14-23-18-7-5-4-6-8-18/h4-12,15H,3,13-14H2,1-2H3,(H,20,21)/t15-/m1/s1. The van der Waals surface area contributed by atoms with Gasteiger partial charge >= 0.3 is 0 Å². The zero-order valence-electron chi connectivity index (χ0n) is 13.6. The fourth-order valence-electron chi connectivity index (χ4n) is 2.19. The van der Waals surface area contributed by atoms with Gasteiger partial charge in [-0.25, -0.2) is 0 Å². The molecule has 0 aliphatic heterocycles. The largest absolute Gasteiger partial charge is 0.494 e. The van der Waals surface area contributed by atoms with E-state index in [9.17, 15) is 4.79 Å². The third-order valence-electron chi connectivity index (χ3n) is 3.41. The fraction of sp³-hybridized carbons (Fsp3) is 0.316. The van der Waals surface area contributed by atoms with Gasteiger partial charge in [0, 0.05) is 17.1 Å². The van der Waals surface area contributed by atoms with Crippen LogP contribution in [0.4, 0.5) is 0 Å². The number of nitrogens with one attached hydrogen (secondary N) is 1. The van der Waals surface area contributed by atoms with Crippen LogP contribution in [0.15, 0.2) is 59.5 Å².